The van der Waals surface area contributed by atoms with Crippen molar-refractivity contribution in [3.05, 3.63) is 60.8 Å². The van der Waals surface area contributed by atoms with Crippen LogP contribution >= 0.6 is 0 Å². The molecule has 1 unspecified atom stereocenters. The lowest BCUT2D eigenvalue weighted by atomic mass is 10.1. The Morgan fingerprint density at radius 2 is 0.565 bits per heavy atom. The average Bonchev–Trinajstić information content (AvgIpc) is 3.35. The number of hydrogen-bond acceptors (Lipinski definition) is 6. The van der Waals surface area contributed by atoms with Crippen LogP contribution < -0.4 is 0 Å². The smallest absolute Gasteiger partial charge is 0.306 e. The summed E-state index contributed by atoms with van der Waals surface area (Å²) in [4.78, 5) is 38.1. The predicted octanol–water partition coefficient (Wildman–Crippen LogP) is 20.0. The molecular weight excluding hydrogens is 853 g/mol. The number of carbonyl (C=O) groups excluding carboxylic acids is 3. The van der Waals surface area contributed by atoms with E-state index in [1.54, 1.807) is 0 Å². The maximum Gasteiger partial charge on any atom is 0.306 e. The van der Waals surface area contributed by atoms with Crippen molar-refractivity contribution < 1.29 is 28.6 Å². The second-order valence-electron chi connectivity index (χ2n) is 19.9. The van der Waals surface area contributed by atoms with E-state index in [2.05, 4.69) is 81.5 Å². The molecule has 0 spiro atoms. The summed E-state index contributed by atoms with van der Waals surface area (Å²) in [5.41, 5.74) is 0. The van der Waals surface area contributed by atoms with Crippen LogP contribution in [-0.2, 0) is 28.6 Å². The highest BCUT2D eigenvalue weighted by Gasteiger charge is 2.19. The summed E-state index contributed by atoms with van der Waals surface area (Å²) < 4.78 is 16.9. The molecule has 6 nitrogen and oxygen atoms in total. The summed E-state index contributed by atoms with van der Waals surface area (Å²) in [6, 6.07) is 0. The first-order valence-corrected chi connectivity index (χ1v) is 29.8. The van der Waals surface area contributed by atoms with Gasteiger partial charge < -0.3 is 14.2 Å². The van der Waals surface area contributed by atoms with Gasteiger partial charge in [-0.2, -0.15) is 0 Å². The maximum absolute atomic E-state index is 12.9. The molecule has 0 saturated carbocycles. The molecule has 0 aromatic rings. The van der Waals surface area contributed by atoms with Gasteiger partial charge in [-0.1, -0.05) is 261 Å². The molecule has 400 valence electrons. The lowest BCUT2D eigenvalue weighted by molar-refractivity contribution is -0.167. The van der Waals surface area contributed by atoms with E-state index in [1.165, 1.54) is 180 Å². The Kier molecular flexibility index (Phi) is 55.3. The van der Waals surface area contributed by atoms with Gasteiger partial charge in [-0.25, -0.2) is 0 Å². The molecule has 0 rings (SSSR count). The maximum atomic E-state index is 12.9. The standard InChI is InChI=1S/C63H112O6/c1-4-7-10-13-16-19-22-24-26-28-30-31-32-33-34-36-37-39-41-44-47-50-53-56-62(65)68-59-60(58-67-61(64)55-52-49-46-43-21-18-15-12-9-6-3)69-63(66)57-54-51-48-45-42-40-38-35-29-27-25-23-20-17-14-11-8-5-2/h7,10,16,19,24,26-27,29-31,60H,4-6,8-9,11-15,17-18,20-23,25,28,32-59H2,1-3H3/b10-7-,19-16-,26-24-,29-27-,31-30-. The Labute approximate surface area is 428 Å². The molecule has 69 heavy (non-hydrogen) atoms. The van der Waals surface area contributed by atoms with Crippen LogP contribution in [0.1, 0.15) is 303 Å². The van der Waals surface area contributed by atoms with E-state index in [0.29, 0.717) is 19.3 Å². The van der Waals surface area contributed by atoms with Crippen LogP contribution in [0.3, 0.4) is 0 Å². The molecule has 0 N–H and O–H groups in total. The molecule has 0 aromatic carbocycles. The Bertz CT molecular complexity index is 1250. The number of carbonyl (C=O) groups is 3. The molecule has 0 saturated heterocycles. The van der Waals surface area contributed by atoms with E-state index in [0.717, 1.165) is 83.5 Å². The fraction of sp³-hybridized carbons (Fsp3) is 0.794. The highest BCUT2D eigenvalue weighted by molar-refractivity contribution is 5.71. The molecule has 0 aliphatic carbocycles. The molecule has 0 amide bonds. The number of esters is 3. The molecule has 6 heteroatoms. The Hall–Kier alpha value is -2.89. The Morgan fingerprint density at radius 3 is 0.899 bits per heavy atom. The molecule has 1 atom stereocenters. The monoisotopic (exact) mass is 965 g/mol. The zero-order chi connectivity index (χ0) is 50.0. The van der Waals surface area contributed by atoms with Gasteiger partial charge in [0.2, 0.25) is 0 Å². The zero-order valence-corrected chi connectivity index (χ0v) is 45.8. The van der Waals surface area contributed by atoms with Crippen molar-refractivity contribution in [1.82, 2.24) is 0 Å². The zero-order valence-electron chi connectivity index (χ0n) is 45.8. The first-order valence-electron chi connectivity index (χ1n) is 29.8. The van der Waals surface area contributed by atoms with Gasteiger partial charge in [-0.15, -0.1) is 0 Å². The van der Waals surface area contributed by atoms with Gasteiger partial charge in [-0.3, -0.25) is 14.4 Å². The normalized spacial score (nSPS) is 12.4. The number of allylic oxidation sites excluding steroid dienone is 10. The number of unbranched alkanes of at least 4 members (excludes halogenated alkanes) is 33. The van der Waals surface area contributed by atoms with Crippen LogP contribution in [0.2, 0.25) is 0 Å². The van der Waals surface area contributed by atoms with Gasteiger partial charge in [-0.05, 0) is 83.5 Å². The van der Waals surface area contributed by atoms with Gasteiger partial charge in [0.05, 0.1) is 0 Å². The highest BCUT2D eigenvalue weighted by Crippen LogP contribution is 2.16. The number of ether oxygens (including phenoxy) is 3. The minimum atomic E-state index is -0.775. The number of rotatable bonds is 54. The molecule has 0 aliphatic heterocycles. The van der Waals surface area contributed by atoms with Crippen LogP contribution in [0.15, 0.2) is 60.8 Å². The van der Waals surface area contributed by atoms with Crippen molar-refractivity contribution in [3.8, 4) is 0 Å². The van der Waals surface area contributed by atoms with Gasteiger partial charge in [0.25, 0.3) is 0 Å². The third-order valence-corrected chi connectivity index (χ3v) is 13.0. The summed E-state index contributed by atoms with van der Waals surface area (Å²) in [6.07, 6.45) is 72.2. The molecular formula is C63H112O6. The highest BCUT2D eigenvalue weighted by atomic mass is 16.6. The van der Waals surface area contributed by atoms with Gasteiger partial charge in [0, 0.05) is 19.3 Å². The third kappa shape index (κ3) is 55.9. The van der Waals surface area contributed by atoms with Crippen molar-refractivity contribution in [2.75, 3.05) is 13.2 Å². The topological polar surface area (TPSA) is 78.9 Å². The van der Waals surface area contributed by atoms with Crippen molar-refractivity contribution in [2.24, 2.45) is 0 Å². The Balaban J connectivity index is 4.27. The van der Waals surface area contributed by atoms with Crippen molar-refractivity contribution >= 4 is 17.9 Å². The largest absolute Gasteiger partial charge is 0.462 e. The summed E-state index contributed by atoms with van der Waals surface area (Å²) in [5.74, 6) is -0.872. The average molecular weight is 966 g/mol. The first kappa shape index (κ1) is 66.1. The van der Waals surface area contributed by atoms with E-state index in [9.17, 15) is 14.4 Å². The van der Waals surface area contributed by atoms with Gasteiger partial charge in [0.1, 0.15) is 13.2 Å². The second-order valence-corrected chi connectivity index (χ2v) is 19.9. The quantitative estimate of drug-likeness (QED) is 0.0262. The van der Waals surface area contributed by atoms with Crippen LogP contribution in [0.25, 0.3) is 0 Å². The van der Waals surface area contributed by atoms with Crippen molar-refractivity contribution in [2.45, 2.75) is 309 Å². The molecule has 0 fully saturated rings. The fourth-order valence-corrected chi connectivity index (χ4v) is 8.55. The van der Waals surface area contributed by atoms with Gasteiger partial charge >= 0.3 is 17.9 Å². The summed E-state index contributed by atoms with van der Waals surface area (Å²) in [5, 5.41) is 0. The predicted molar refractivity (Wildman–Crippen MR) is 298 cm³/mol. The lowest BCUT2D eigenvalue weighted by Crippen LogP contribution is -2.30. The Morgan fingerprint density at radius 1 is 0.304 bits per heavy atom. The van der Waals surface area contributed by atoms with Crippen LogP contribution in [0.4, 0.5) is 0 Å². The van der Waals surface area contributed by atoms with Gasteiger partial charge in [0.15, 0.2) is 6.10 Å². The first-order chi connectivity index (χ1) is 34.0. The second kappa shape index (κ2) is 57.7. The minimum Gasteiger partial charge on any atom is -0.462 e. The molecule has 0 aromatic heterocycles. The molecule has 0 heterocycles. The van der Waals surface area contributed by atoms with Crippen molar-refractivity contribution in [1.29, 1.82) is 0 Å². The molecule has 0 radical (unpaired) electrons. The van der Waals surface area contributed by atoms with E-state index in [-0.39, 0.29) is 31.1 Å². The number of hydrogen-bond donors (Lipinski definition) is 0. The SMILES string of the molecule is CC/C=C\C/C=C\C/C=C\C/C=C\CCCCCCCCCCCCC(=O)OCC(COC(=O)CCCCCCCCCCCC)OC(=O)CCCCCCCCC/C=C\CCCCCCCCC. The molecule has 0 aliphatic rings. The summed E-state index contributed by atoms with van der Waals surface area (Å²) >= 11 is 0. The van der Waals surface area contributed by atoms with E-state index in [4.69, 9.17) is 14.2 Å². The fourth-order valence-electron chi connectivity index (χ4n) is 8.55. The summed E-state index contributed by atoms with van der Waals surface area (Å²) in [6.45, 7) is 6.54. The molecule has 0 bridgehead atoms. The van der Waals surface area contributed by atoms with Crippen LogP contribution in [-0.4, -0.2) is 37.2 Å². The van der Waals surface area contributed by atoms with E-state index < -0.39 is 6.10 Å². The lowest BCUT2D eigenvalue weighted by Gasteiger charge is -2.18. The van der Waals surface area contributed by atoms with E-state index >= 15 is 0 Å². The minimum absolute atomic E-state index is 0.0742. The summed E-state index contributed by atoms with van der Waals surface area (Å²) in [7, 11) is 0. The third-order valence-electron chi connectivity index (χ3n) is 13.0. The van der Waals surface area contributed by atoms with Crippen LogP contribution in [0, 0.1) is 0 Å². The van der Waals surface area contributed by atoms with Crippen LogP contribution in [0.5, 0.6) is 0 Å². The van der Waals surface area contributed by atoms with E-state index in [1.807, 2.05) is 0 Å². The van der Waals surface area contributed by atoms with Crippen molar-refractivity contribution in [3.63, 3.8) is 0 Å².